The molecule has 0 saturated heterocycles. The van der Waals surface area contributed by atoms with E-state index in [0.717, 1.165) is 0 Å². The van der Waals surface area contributed by atoms with E-state index in [2.05, 4.69) is 41.3 Å². The molecule has 2 unspecified atom stereocenters. The van der Waals surface area contributed by atoms with Gasteiger partial charge in [-0.25, -0.2) is 23.1 Å². The number of ether oxygens (including phenoxy) is 2. The third-order valence-corrected chi connectivity index (χ3v) is 8.97. The number of aromatic nitrogens is 4. The molecule has 1 aromatic rings. The lowest BCUT2D eigenvalue weighted by atomic mass is 9.71. The van der Waals surface area contributed by atoms with Crippen LogP contribution in [0.15, 0.2) is 0 Å². The van der Waals surface area contributed by atoms with Gasteiger partial charge in [0.1, 0.15) is 30.3 Å². The minimum atomic E-state index is -3.96. The zero-order chi connectivity index (χ0) is 41.0. The van der Waals surface area contributed by atoms with Crippen molar-refractivity contribution < 1.29 is 61.7 Å². The highest BCUT2D eigenvalue weighted by molar-refractivity contribution is 7.90. The SMILES string of the molecule is CC(=O)CCC(NC(=O)CCC(NC(=O)COCCOCCNC(=O)CCCS(=O)(=O)NC(=O)CC(C)(C)CC(C)(C)Cc1nnn[nH]1)C(=O)O)C(=O)O. The summed E-state index contributed by atoms with van der Waals surface area (Å²) in [5.74, 6) is -5.39. The number of hydrogen-bond acceptors (Lipinski definition) is 14. The van der Waals surface area contributed by atoms with Crippen LogP contribution in [0.5, 0.6) is 0 Å². The summed E-state index contributed by atoms with van der Waals surface area (Å²) in [6.45, 7) is 8.71. The summed E-state index contributed by atoms with van der Waals surface area (Å²) in [7, 11) is -3.96. The van der Waals surface area contributed by atoms with Crippen molar-refractivity contribution >= 4 is 51.4 Å². The van der Waals surface area contributed by atoms with Crippen LogP contribution in [0.4, 0.5) is 0 Å². The van der Waals surface area contributed by atoms with Crippen molar-refractivity contribution in [1.82, 2.24) is 41.3 Å². The molecular weight excluding hydrogens is 736 g/mol. The van der Waals surface area contributed by atoms with Crippen LogP contribution in [0.25, 0.3) is 0 Å². The standard InChI is InChI=1S/C32H54N8O13S/c1-21(41)8-9-22(29(46)47)34-26(43)11-10-23(30(48)49)35-28(45)19-53-15-14-52-13-12-33-25(42)7-6-16-54(50,51)38-27(44)18-32(4,5)20-31(2,3)17-24-36-39-40-37-24/h22-23H,6-20H2,1-5H3,(H,33,42)(H,34,43)(H,35,45)(H,38,44)(H,46,47)(H,48,49)(H,36,37,39,40). The molecule has 22 heteroatoms. The van der Waals surface area contributed by atoms with Gasteiger partial charge in [-0.2, -0.15) is 0 Å². The Hall–Kier alpha value is -4.57. The molecule has 4 amide bonds. The van der Waals surface area contributed by atoms with Gasteiger partial charge in [0.25, 0.3) is 0 Å². The second-order valence-corrected chi connectivity index (χ2v) is 16.2. The van der Waals surface area contributed by atoms with Gasteiger partial charge in [-0.1, -0.05) is 27.7 Å². The minimum Gasteiger partial charge on any atom is -0.480 e. The van der Waals surface area contributed by atoms with Crippen LogP contribution >= 0.6 is 0 Å². The monoisotopic (exact) mass is 790 g/mol. The summed E-state index contributed by atoms with van der Waals surface area (Å²) in [5.41, 5.74) is -0.793. The molecule has 1 aromatic heterocycles. The summed E-state index contributed by atoms with van der Waals surface area (Å²) < 4.78 is 37.4. The van der Waals surface area contributed by atoms with Crippen LogP contribution in [-0.2, 0) is 59.5 Å². The van der Waals surface area contributed by atoms with Crippen LogP contribution in [0, 0.1) is 10.8 Å². The van der Waals surface area contributed by atoms with Gasteiger partial charge in [0.05, 0.1) is 25.6 Å². The maximum Gasteiger partial charge on any atom is 0.326 e. The molecule has 7 N–H and O–H groups in total. The van der Waals surface area contributed by atoms with Crippen molar-refractivity contribution in [2.75, 3.05) is 38.7 Å². The largest absolute Gasteiger partial charge is 0.480 e. The van der Waals surface area contributed by atoms with E-state index in [0.29, 0.717) is 18.7 Å². The molecule has 0 saturated carbocycles. The molecule has 54 heavy (non-hydrogen) atoms. The molecule has 0 radical (unpaired) electrons. The van der Waals surface area contributed by atoms with Crippen LogP contribution < -0.4 is 20.7 Å². The molecule has 1 rings (SSSR count). The molecule has 0 bridgehead atoms. The smallest absolute Gasteiger partial charge is 0.326 e. The van der Waals surface area contributed by atoms with Gasteiger partial charge in [0, 0.05) is 38.6 Å². The average Bonchev–Trinajstić information content (AvgIpc) is 3.52. The van der Waals surface area contributed by atoms with Gasteiger partial charge in [0.2, 0.25) is 33.7 Å². The van der Waals surface area contributed by atoms with E-state index in [1.807, 2.05) is 27.7 Å². The lowest BCUT2D eigenvalue weighted by Gasteiger charge is -2.34. The molecule has 0 aliphatic heterocycles. The van der Waals surface area contributed by atoms with Crippen LogP contribution in [0.3, 0.4) is 0 Å². The van der Waals surface area contributed by atoms with Crippen molar-refractivity contribution in [3.8, 4) is 0 Å². The minimum absolute atomic E-state index is 0.0177. The number of tetrazole rings is 1. The molecule has 21 nitrogen and oxygen atoms in total. The number of sulfonamides is 1. The number of hydrogen-bond donors (Lipinski definition) is 7. The highest BCUT2D eigenvalue weighted by Gasteiger charge is 2.33. The zero-order valence-electron chi connectivity index (χ0n) is 31.4. The predicted octanol–water partition coefficient (Wildman–Crippen LogP) is -0.761. The fourth-order valence-electron chi connectivity index (χ4n) is 5.62. The molecule has 306 valence electrons. The number of amides is 4. The number of H-pyrrole nitrogens is 1. The van der Waals surface area contributed by atoms with Crippen LogP contribution in [0.1, 0.15) is 91.8 Å². The van der Waals surface area contributed by atoms with Gasteiger partial charge in [-0.3, -0.25) is 23.9 Å². The number of carboxylic acid groups (broad SMARTS) is 2. The maximum atomic E-state index is 12.6. The first-order chi connectivity index (χ1) is 25.1. The Morgan fingerprint density at radius 1 is 0.796 bits per heavy atom. The van der Waals surface area contributed by atoms with E-state index >= 15 is 0 Å². The first-order valence-corrected chi connectivity index (χ1v) is 19.0. The number of ketones is 1. The van der Waals surface area contributed by atoms with Crippen molar-refractivity contribution in [2.24, 2.45) is 10.8 Å². The van der Waals surface area contributed by atoms with Gasteiger partial charge in [0.15, 0.2) is 0 Å². The second-order valence-electron chi connectivity index (χ2n) is 14.4. The third kappa shape index (κ3) is 22.5. The number of aliphatic carboxylic acids is 2. The highest BCUT2D eigenvalue weighted by Crippen LogP contribution is 2.37. The number of carbonyl (C=O) groups is 7. The van der Waals surface area contributed by atoms with Crippen molar-refractivity contribution in [1.29, 1.82) is 0 Å². The Bertz CT molecular complexity index is 1520. The molecule has 2 atom stereocenters. The number of nitrogens with one attached hydrogen (secondary N) is 5. The second kappa shape index (κ2) is 23.3. The van der Waals surface area contributed by atoms with E-state index in [1.165, 1.54) is 6.92 Å². The Morgan fingerprint density at radius 3 is 2.00 bits per heavy atom. The molecule has 1 heterocycles. The normalized spacial score (nSPS) is 13.0. The van der Waals surface area contributed by atoms with E-state index in [-0.39, 0.29) is 76.1 Å². The van der Waals surface area contributed by atoms with Crippen molar-refractivity contribution in [3.63, 3.8) is 0 Å². The zero-order valence-corrected chi connectivity index (χ0v) is 32.2. The predicted molar refractivity (Wildman–Crippen MR) is 189 cm³/mol. The first kappa shape index (κ1) is 47.5. The maximum absolute atomic E-state index is 12.6. The summed E-state index contributed by atoms with van der Waals surface area (Å²) in [6.07, 6.45) is 0.101. The van der Waals surface area contributed by atoms with E-state index in [9.17, 15) is 52.2 Å². The molecule has 0 spiro atoms. The summed E-state index contributed by atoms with van der Waals surface area (Å²) in [5, 5.41) is 39.3. The number of carbonyl (C=O) groups excluding carboxylic acids is 5. The average molecular weight is 791 g/mol. The highest BCUT2D eigenvalue weighted by atomic mass is 32.2. The Balaban J connectivity index is 2.23. The first-order valence-electron chi connectivity index (χ1n) is 17.3. The molecule has 0 fully saturated rings. The Labute approximate surface area is 313 Å². The third-order valence-electron chi connectivity index (χ3n) is 7.60. The van der Waals surface area contributed by atoms with E-state index in [4.69, 9.17) is 9.47 Å². The summed E-state index contributed by atoms with van der Waals surface area (Å²) in [4.78, 5) is 82.8. The molecule has 0 aliphatic rings. The van der Waals surface area contributed by atoms with E-state index < -0.39 is 81.9 Å². The van der Waals surface area contributed by atoms with Gasteiger partial charge in [-0.05, 0) is 53.9 Å². The fourth-order valence-corrected chi connectivity index (χ4v) is 6.67. The van der Waals surface area contributed by atoms with Crippen molar-refractivity contribution in [2.45, 2.75) is 104 Å². The van der Waals surface area contributed by atoms with E-state index in [1.54, 1.807) is 0 Å². The summed E-state index contributed by atoms with van der Waals surface area (Å²) >= 11 is 0. The Morgan fingerprint density at radius 2 is 1.41 bits per heavy atom. The molecule has 0 aromatic carbocycles. The number of carboxylic acids is 2. The number of nitrogens with zero attached hydrogens (tertiary/aromatic N) is 3. The lowest BCUT2D eigenvalue weighted by molar-refractivity contribution is -0.144. The Kier molecular flexibility index (Phi) is 20.4. The van der Waals surface area contributed by atoms with Gasteiger partial charge in [-0.15, -0.1) is 5.10 Å². The lowest BCUT2D eigenvalue weighted by Crippen LogP contribution is -2.45. The van der Waals surface area contributed by atoms with Crippen molar-refractivity contribution in [3.05, 3.63) is 5.82 Å². The molecular formula is C32H54N8O13S. The number of rotatable bonds is 29. The summed E-state index contributed by atoms with van der Waals surface area (Å²) in [6, 6.07) is -2.75. The molecule has 0 aliphatic carbocycles. The van der Waals surface area contributed by atoms with Gasteiger partial charge < -0.3 is 40.4 Å². The number of Topliss-reactive ketones (excluding diaryl/α,β-unsaturated/α-hetero) is 1. The topological polar surface area (TPSA) is 315 Å². The van der Waals surface area contributed by atoms with Crippen LogP contribution in [-0.4, -0.2) is 131 Å². The fraction of sp³-hybridized carbons (Fsp3) is 0.750. The quantitative estimate of drug-likeness (QED) is 0.0491. The van der Waals surface area contributed by atoms with Crippen LogP contribution in [0.2, 0.25) is 0 Å². The van der Waals surface area contributed by atoms with Gasteiger partial charge >= 0.3 is 11.9 Å². The number of aromatic amines is 1.